The summed E-state index contributed by atoms with van der Waals surface area (Å²) in [5.41, 5.74) is 4.00. The molecule has 7 nitrogen and oxygen atoms in total. The summed E-state index contributed by atoms with van der Waals surface area (Å²) in [6.07, 6.45) is 6.79. The standard InChI is InChI=1S/C24H24FN5O2/c1-13-6-15-4-5-19(23(25)18(15)7-13)32-24-28-21(9-22(29-24)30-11-17(31)12-30)27-20-8-16(10-26-20)14-2-3-14/h4-5,7-9,14,17,31H,2-3,6,10-12H2,1H3,(H,26,27,28,29). The van der Waals surface area contributed by atoms with E-state index in [1.807, 2.05) is 24.0 Å². The Bertz CT molecular complexity index is 1200. The molecule has 3 heterocycles. The Kier molecular flexibility index (Phi) is 4.50. The molecule has 6 rings (SSSR count). The number of hydrogen-bond donors (Lipinski definition) is 2. The maximum atomic E-state index is 15.1. The van der Waals surface area contributed by atoms with Gasteiger partial charge in [0.2, 0.25) is 0 Å². The van der Waals surface area contributed by atoms with Crippen LogP contribution in [0.2, 0.25) is 0 Å². The minimum absolute atomic E-state index is 0.0499. The number of amidine groups is 1. The number of rotatable bonds is 5. The fraction of sp³-hybridized carbons (Fsp3) is 0.375. The summed E-state index contributed by atoms with van der Waals surface area (Å²) in [6.45, 7) is 3.68. The van der Waals surface area contributed by atoms with Crippen molar-refractivity contribution in [3.8, 4) is 11.8 Å². The molecule has 0 radical (unpaired) electrons. The lowest BCUT2D eigenvalue weighted by Gasteiger charge is -2.36. The normalized spacial score (nSPS) is 19.8. The number of aliphatic hydroxyl groups excluding tert-OH is 1. The quantitative estimate of drug-likeness (QED) is 0.748. The Morgan fingerprint density at radius 1 is 1.19 bits per heavy atom. The Morgan fingerprint density at radius 3 is 2.81 bits per heavy atom. The molecule has 1 saturated carbocycles. The van der Waals surface area contributed by atoms with Crippen LogP contribution in [0.5, 0.6) is 11.8 Å². The molecule has 0 atom stereocenters. The van der Waals surface area contributed by atoms with E-state index in [-0.39, 0.29) is 17.9 Å². The predicted octanol–water partition coefficient (Wildman–Crippen LogP) is 3.71. The molecule has 1 aromatic heterocycles. The second-order valence-corrected chi connectivity index (χ2v) is 8.99. The first-order valence-corrected chi connectivity index (χ1v) is 11.0. The molecule has 2 aliphatic carbocycles. The highest BCUT2D eigenvalue weighted by Crippen LogP contribution is 2.38. The summed E-state index contributed by atoms with van der Waals surface area (Å²) in [5, 5.41) is 13.0. The number of hydrogen-bond acceptors (Lipinski definition) is 7. The minimum atomic E-state index is -0.403. The van der Waals surface area contributed by atoms with Gasteiger partial charge in [0, 0.05) is 24.7 Å². The fourth-order valence-corrected chi connectivity index (χ4v) is 4.38. The summed E-state index contributed by atoms with van der Waals surface area (Å²) in [6, 6.07) is 5.36. The molecule has 2 aliphatic heterocycles. The first kappa shape index (κ1) is 19.4. The largest absolute Gasteiger partial charge is 0.421 e. The van der Waals surface area contributed by atoms with Crippen molar-refractivity contribution in [2.45, 2.75) is 32.3 Å². The van der Waals surface area contributed by atoms with Crippen LogP contribution in [0.15, 0.2) is 40.4 Å². The number of nitrogens with zero attached hydrogens (tertiary/aromatic N) is 4. The molecule has 164 valence electrons. The van der Waals surface area contributed by atoms with Gasteiger partial charge in [0.05, 0.1) is 12.6 Å². The summed E-state index contributed by atoms with van der Waals surface area (Å²) < 4.78 is 20.9. The average molecular weight is 433 g/mol. The smallest absolute Gasteiger partial charge is 0.326 e. The van der Waals surface area contributed by atoms with Gasteiger partial charge < -0.3 is 20.1 Å². The Morgan fingerprint density at radius 2 is 2.03 bits per heavy atom. The Labute approximate surface area is 185 Å². The maximum absolute atomic E-state index is 15.1. The number of ether oxygens (including phenoxy) is 1. The topological polar surface area (TPSA) is 82.9 Å². The van der Waals surface area contributed by atoms with Crippen molar-refractivity contribution in [3.63, 3.8) is 0 Å². The fourth-order valence-electron chi connectivity index (χ4n) is 4.38. The van der Waals surface area contributed by atoms with Gasteiger partial charge in [-0.2, -0.15) is 9.97 Å². The first-order chi connectivity index (χ1) is 15.5. The van der Waals surface area contributed by atoms with E-state index in [1.165, 1.54) is 18.4 Å². The van der Waals surface area contributed by atoms with Crippen LogP contribution in [0, 0.1) is 11.7 Å². The summed E-state index contributed by atoms with van der Waals surface area (Å²) in [4.78, 5) is 15.4. The van der Waals surface area contributed by atoms with Crippen LogP contribution in [0.3, 0.4) is 0 Å². The molecule has 2 aromatic rings. The summed E-state index contributed by atoms with van der Waals surface area (Å²) in [5.74, 6) is 2.26. The number of allylic oxidation sites excluding steroid dienone is 1. The third kappa shape index (κ3) is 3.64. The number of aromatic nitrogens is 2. The van der Waals surface area contributed by atoms with E-state index in [0.29, 0.717) is 36.2 Å². The van der Waals surface area contributed by atoms with E-state index in [0.717, 1.165) is 29.9 Å². The zero-order valence-electron chi connectivity index (χ0n) is 17.8. The van der Waals surface area contributed by atoms with Crippen molar-refractivity contribution in [2.75, 3.05) is 29.9 Å². The molecule has 0 unspecified atom stereocenters. The van der Waals surface area contributed by atoms with E-state index < -0.39 is 5.82 Å². The Balaban J connectivity index is 1.29. The highest BCUT2D eigenvalue weighted by Gasteiger charge is 2.29. The first-order valence-electron chi connectivity index (χ1n) is 11.0. The lowest BCUT2D eigenvalue weighted by Crippen LogP contribution is -2.51. The molecule has 0 spiro atoms. The van der Waals surface area contributed by atoms with Crippen LogP contribution in [0.1, 0.15) is 30.9 Å². The molecular weight excluding hydrogens is 409 g/mol. The lowest BCUT2D eigenvalue weighted by atomic mass is 10.1. The van der Waals surface area contributed by atoms with Crippen molar-refractivity contribution in [1.82, 2.24) is 9.97 Å². The maximum Gasteiger partial charge on any atom is 0.326 e. The number of benzene rings is 1. The zero-order chi connectivity index (χ0) is 21.8. The number of halogens is 1. The number of anilines is 2. The van der Waals surface area contributed by atoms with Crippen molar-refractivity contribution < 1.29 is 14.2 Å². The number of fused-ring (bicyclic) bond motifs is 1. The van der Waals surface area contributed by atoms with Gasteiger partial charge in [-0.3, -0.25) is 4.99 Å². The van der Waals surface area contributed by atoms with Crippen molar-refractivity contribution in [1.29, 1.82) is 0 Å². The van der Waals surface area contributed by atoms with Crippen LogP contribution in [0.4, 0.5) is 16.0 Å². The number of β-amino-alcohol motifs (C(OH)–C–C–N with tert-alkyl or cyclic N) is 1. The Hall–Kier alpha value is -3.26. The van der Waals surface area contributed by atoms with Gasteiger partial charge in [0.1, 0.15) is 17.5 Å². The third-order valence-electron chi connectivity index (χ3n) is 6.29. The van der Waals surface area contributed by atoms with Crippen molar-refractivity contribution in [3.05, 3.63) is 52.4 Å². The van der Waals surface area contributed by atoms with Crippen LogP contribution in [-0.2, 0) is 6.42 Å². The molecular formula is C24H24FN5O2. The van der Waals surface area contributed by atoms with Gasteiger partial charge >= 0.3 is 6.01 Å². The molecule has 1 saturated heterocycles. The highest BCUT2D eigenvalue weighted by atomic mass is 19.1. The van der Waals surface area contributed by atoms with Crippen molar-refractivity contribution >= 4 is 23.5 Å². The molecule has 0 bridgehead atoms. The van der Waals surface area contributed by atoms with E-state index in [9.17, 15) is 5.11 Å². The van der Waals surface area contributed by atoms with Gasteiger partial charge in [-0.15, -0.1) is 0 Å². The van der Waals surface area contributed by atoms with Gasteiger partial charge in [0.15, 0.2) is 11.6 Å². The second-order valence-electron chi connectivity index (χ2n) is 8.99. The molecule has 32 heavy (non-hydrogen) atoms. The molecule has 1 aromatic carbocycles. The SMILES string of the molecule is CC1=Cc2c(ccc(Oc3nc(NC4=NCC(C5CC5)=C4)cc(N4CC(O)C4)n3)c2F)C1. The van der Waals surface area contributed by atoms with Gasteiger partial charge in [-0.05, 0) is 55.4 Å². The average Bonchev–Trinajstić information content (AvgIpc) is 3.37. The number of aliphatic hydroxyl groups is 1. The number of aliphatic imine (C=N–C) groups is 1. The molecule has 2 N–H and O–H groups in total. The van der Waals surface area contributed by atoms with Crippen molar-refractivity contribution in [2.24, 2.45) is 10.9 Å². The lowest BCUT2D eigenvalue weighted by molar-refractivity contribution is 0.141. The van der Waals surface area contributed by atoms with E-state index in [4.69, 9.17) is 4.74 Å². The predicted molar refractivity (Wildman–Crippen MR) is 121 cm³/mol. The van der Waals surface area contributed by atoms with Gasteiger partial charge in [0.25, 0.3) is 0 Å². The highest BCUT2D eigenvalue weighted by molar-refractivity contribution is 6.05. The summed E-state index contributed by atoms with van der Waals surface area (Å²) in [7, 11) is 0. The van der Waals surface area contributed by atoms with Crippen LogP contribution in [0.25, 0.3) is 6.08 Å². The van der Waals surface area contributed by atoms with Gasteiger partial charge in [-0.25, -0.2) is 4.39 Å². The zero-order valence-corrected chi connectivity index (χ0v) is 17.8. The number of nitrogens with one attached hydrogen (secondary N) is 1. The van der Waals surface area contributed by atoms with E-state index >= 15 is 4.39 Å². The van der Waals surface area contributed by atoms with Crippen LogP contribution >= 0.6 is 0 Å². The van der Waals surface area contributed by atoms with Crippen LogP contribution < -0.4 is 15.0 Å². The van der Waals surface area contributed by atoms with Crippen LogP contribution in [-0.4, -0.2) is 46.6 Å². The second kappa shape index (κ2) is 7.41. The van der Waals surface area contributed by atoms with E-state index in [1.54, 1.807) is 12.1 Å². The molecule has 2 fully saturated rings. The third-order valence-corrected chi connectivity index (χ3v) is 6.29. The molecule has 4 aliphatic rings. The van der Waals surface area contributed by atoms with E-state index in [2.05, 4.69) is 26.4 Å². The minimum Gasteiger partial charge on any atom is -0.421 e. The van der Waals surface area contributed by atoms with Gasteiger partial charge in [-0.1, -0.05) is 17.7 Å². The molecule has 8 heteroatoms. The monoisotopic (exact) mass is 433 g/mol. The molecule has 0 amide bonds. The summed E-state index contributed by atoms with van der Waals surface area (Å²) >= 11 is 0.